The van der Waals surface area contributed by atoms with Gasteiger partial charge in [0.15, 0.2) is 5.58 Å². The van der Waals surface area contributed by atoms with E-state index in [0.29, 0.717) is 0 Å². The van der Waals surface area contributed by atoms with Gasteiger partial charge in [-0.05, 0) is 23.3 Å². The Morgan fingerprint density at radius 2 is 2.08 bits per heavy atom. The number of rotatable bonds is 2. The van der Waals surface area contributed by atoms with Crippen molar-refractivity contribution in [2.24, 2.45) is 12.0 Å². The van der Waals surface area contributed by atoms with Crippen molar-refractivity contribution in [3.8, 4) is 22.5 Å². The Balaban J connectivity index is 1.66. The van der Waals surface area contributed by atoms with Gasteiger partial charge >= 0.3 is 0 Å². The molecule has 0 aliphatic carbocycles. The van der Waals surface area contributed by atoms with Crippen molar-refractivity contribution in [3.05, 3.63) is 60.0 Å². The highest BCUT2D eigenvalue weighted by molar-refractivity contribution is 5.92. The summed E-state index contributed by atoms with van der Waals surface area (Å²) >= 11 is 0. The van der Waals surface area contributed by atoms with Gasteiger partial charge in [-0.15, -0.1) is 0 Å². The summed E-state index contributed by atoms with van der Waals surface area (Å²) in [6, 6.07) is 10.3. The quantitative estimate of drug-likeness (QED) is 0.565. The van der Waals surface area contributed by atoms with E-state index in [0.717, 1.165) is 40.1 Å². The first kappa shape index (κ1) is 13.2. The number of fused-ring (bicyclic) bond motifs is 2. The molecule has 1 aliphatic heterocycles. The van der Waals surface area contributed by atoms with Crippen LogP contribution in [0.1, 0.15) is 11.1 Å². The fourth-order valence-electron chi connectivity index (χ4n) is 3.13. The molecule has 0 N–H and O–H groups in total. The smallest absolute Gasteiger partial charge is 0.161 e. The third kappa shape index (κ3) is 1.98. The Hall–Kier alpha value is -3.21. The fraction of sp³-hybridized carbons (Fsp3) is 0.105. The van der Waals surface area contributed by atoms with Crippen molar-refractivity contribution in [3.63, 3.8) is 0 Å². The molecular weight excluding hydrogens is 300 g/mol. The molecule has 5 heteroatoms. The molecule has 0 unspecified atom stereocenters. The van der Waals surface area contributed by atoms with Crippen LogP contribution in [-0.4, -0.2) is 21.0 Å². The molecule has 0 saturated carbocycles. The summed E-state index contributed by atoms with van der Waals surface area (Å²) < 4.78 is 7.95. The van der Waals surface area contributed by atoms with E-state index in [4.69, 9.17) is 4.42 Å². The van der Waals surface area contributed by atoms with E-state index < -0.39 is 0 Å². The summed E-state index contributed by atoms with van der Waals surface area (Å²) in [5, 5.41) is 4.24. The standard InChI is InChI=1S/C19H14N4O/c1-23-11-15(10-22-23)16-4-5-21-17-7-18(24-19(16)17)12-2-3-13-8-20-9-14(13)6-12/h2-8,10-11H,9H2,1H3. The highest BCUT2D eigenvalue weighted by Gasteiger charge is 2.15. The zero-order valence-electron chi connectivity index (χ0n) is 13.1. The zero-order valence-corrected chi connectivity index (χ0v) is 13.1. The second-order valence-corrected chi connectivity index (χ2v) is 5.97. The summed E-state index contributed by atoms with van der Waals surface area (Å²) in [4.78, 5) is 8.75. The molecule has 0 bridgehead atoms. The molecule has 0 saturated heterocycles. The molecule has 4 aromatic rings. The highest BCUT2D eigenvalue weighted by Crippen LogP contribution is 2.34. The number of hydrogen-bond acceptors (Lipinski definition) is 4. The minimum atomic E-state index is 0.739. The first-order chi connectivity index (χ1) is 11.8. The van der Waals surface area contributed by atoms with Gasteiger partial charge in [0.25, 0.3) is 0 Å². The second kappa shape index (κ2) is 4.89. The lowest BCUT2D eigenvalue weighted by molar-refractivity contribution is 0.632. The number of nitrogens with zero attached hydrogens (tertiary/aromatic N) is 4. The second-order valence-electron chi connectivity index (χ2n) is 5.97. The van der Waals surface area contributed by atoms with Gasteiger partial charge < -0.3 is 4.42 Å². The molecule has 1 aromatic carbocycles. The van der Waals surface area contributed by atoms with Crippen molar-refractivity contribution in [1.29, 1.82) is 0 Å². The topological polar surface area (TPSA) is 56.2 Å². The number of aromatic nitrogens is 3. The zero-order chi connectivity index (χ0) is 16.1. The molecule has 3 aromatic heterocycles. The molecule has 1 aliphatic rings. The molecule has 0 spiro atoms. The Bertz CT molecular complexity index is 1100. The third-order valence-electron chi connectivity index (χ3n) is 4.35. The first-order valence-electron chi connectivity index (χ1n) is 7.79. The van der Waals surface area contributed by atoms with Gasteiger partial charge in [0.2, 0.25) is 0 Å². The maximum atomic E-state index is 6.17. The van der Waals surface area contributed by atoms with Crippen LogP contribution < -0.4 is 0 Å². The average Bonchev–Trinajstić information content (AvgIpc) is 3.32. The largest absolute Gasteiger partial charge is 0.454 e. The van der Waals surface area contributed by atoms with E-state index in [1.165, 1.54) is 11.1 Å². The van der Waals surface area contributed by atoms with Crippen LogP contribution in [0.15, 0.2) is 58.3 Å². The van der Waals surface area contributed by atoms with Gasteiger partial charge in [0.1, 0.15) is 11.3 Å². The number of aliphatic imine (C=N–C) groups is 1. The van der Waals surface area contributed by atoms with E-state index in [1.54, 1.807) is 10.9 Å². The van der Waals surface area contributed by atoms with Crippen molar-refractivity contribution in [2.75, 3.05) is 0 Å². The normalized spacial score (nSPS) is 12.9. The lowest BCUT2D eigenvalue weighted by Crippen LogP contribution is -1.84. The average molecular weight is 314 g/mol. The van der Waals surface area contributed by atoms with Crippen molar-refractivity contribution in [2.45, 2.75) is 6.54 Å². The van der Waals surface area contributed by atoms with E-state index in [9.17, 15) is 0 Å². The van der Waals surface area contributed by atoms with Crippen LogP contribution in [0.2, 0.25) is 0 Å². The van der Waals surface area contributed by atoms with E-state index >= 15 is 0 Å². The van der Waals surface area contributed by atoms with Crippen LogP contribution in [0.5, 0.6) is 0 Å². The van der Waals surface area contributed by atoms with E-state index in [2.05, 4.69) is 33.3 Å². The van der Waals surface area contributed by atoms with Gasteiger partial charge in [0.05, 0.1) is 12.7 Å². The van der Waals surface area contributed by atoms with Gasteiger partial charge in [-0.2, -0.15) is 5.10 Å². The van der Waals surface area contributed by atoms with Crippen molar-refractivity contribution >= 4 is 17.3 Å². The monoisotopic (exact) mass is 314 g/mol. The Labute approximate surface area is 138 Å². The third-order valence-corrected chi connectivity index (χ3v) is 4.35. The number of furan rings is 1. The van der Waals surface area contributed by atoms with Crippen LogP contribution in [0.3, 0.4) is 0 Å². The molecule has 0 atom stereocenters. The first-order valence-corrected chi connectivity index (χ1v) is 7.79. The molecule has 5 nitrogen and oxygen atoms in total. The van der Waals surface area contributed by atoms with Crippen LogP contribution in [0, 0.1) is 0 Å². The van der Waals surface area contributed by atoms with Gasteiger partial charge in [-0.3, -0.25) is 14.7 Å². The molecule has 0 amide bonds. The molecule has 24 heavy (non-hydrogen) atoms. The lowest BCUT2D eigenvalue weighted by Gasteiger charge is -2.01. The maximum absolute atomic E-state index is 6.17. The number of pyridine rings is 1. The van der Waals surface area contributed by atoms with Crippen molar-refractivity contribution in [1.82, 2.24) is 14.8 Å². The Morgan fingerprint density at radius 3 is 2.96 bits per heavy atom. The van der Waals surface area contributed by atoms with Crippen LogP contribution in [-0.2, 0) is 13.6 Å². The molecule has 0 radical (unpaired) electrons. The predicted molar refractivity (Wildman–Crippen MR) is 92.9 cm³/mol. The van der Waals surface area contributed by atoms with Crippen LogP contribution >= 0.6 is 0 Å². The van der Waals surface area contributed by atoms with E-state index in [1.807, 2.05) is 37.8 Å². The molecule has 0 fully saturated rings. The minimum Gasteiger partial charge on any atom is -0.454 e. The summed E-state index contributed by atoms with van der Waals surface area (Å²) in [6.07, 6.45) is 7.54. The Kier molecular flexibility index (Phi) is 2.70. The Morgan fingerprint density at radius 1 is 1.12 bits per heavy atom. The summed E-state index contributed by atoms with van der Waals surface area (Å²) in [5.74, 6) is 0.823. The lowest BCUT2D eigenvalue weighted by atomic mass is 10.0. The minimum absolute atomic E-state index is 0.739. The maximum Gasteiger partial charge on any atom is 0.161 e. The number of aryl methyl sites for hydroxylation is 1. The molecule has 116 valence electrons. The van der Waals surface area contributed by atoms with E-state index in [-0.39, 0.29) is 0 Å². The van der Waals surface area contributed by atoms with Crippen LogP contribution in [0.4, 0.5) is 0 Å². The SMILES string of the molecule is Cn1cc(-c2ccnc3cc(-c4ccc5c(c4)CN=C5)oc23)cn1. The van der Waals surface area contributed by atoms with Gasteiger partial charge in [-0.25, -0.2) is 0 Å². The van der Waals surface area contributed by atoms with Gasteiger partial charge in [0, 0.05) is 48.4 Å². The predicted octanol–water partition coefficient (Wildman–Crippen LogP) is 3.83. The fourth-order valence-corrected chi connectivity index (χ4v) is 3.13. The highest BCUT2D eigenvalue weighted by atomic mass is 16.3. The molecular formula is C19H14N4O. The number of benzene rings is 1. The number of hydrogen-bond donors (Lipinski definition) is 0. The summed E-state index contributed by atoms with van der Waals surface area (Å²) in [5.41, 5.74) is 7.13. The van der Waals surface area contributed by atoms with Crippen molar-refractivity contribution < 1.29 is 4.42 Å². The van der Waals surface area contributed by atoms with Gasteiger partial charge in [-0.1, -0.05) is 12.1 Å². The van der Waals surface area contributed by atoms with Crippen LogP contribution in [0.25, 0.3) is 33.6 Å². The molecule has 5 rings (SSSR count). The molecule has 4 heterocycles. The summed E-state index contributed by atoms with van der Waals surface area (Å²) in [7, 11) is 1.90. The summed E-state index contributed by atoms with van der Waals surface area (Å²) in [6.45, 7) is 0.739.